The summed E-state index contributed by atoms with van der Waals surface area (Å²) in [5.74, 6) is 0. The van der Waals surface area contributed by atoms with E-state index in [0.717, 1.165) is 41.5 Å². The molecule has 0 spiro atoms. The van der Waals surface area contributed by atoms with Crippen LogP contribution in [-0.4, -0.2) is 34.4 Å². The lowest BCUT2D eigenvalue weighted by Crippen LogP contribution is -2.53. The molecule has 5 rings (SSSR count). The Morgan fingerprint density at radius 1 is 0.587 bits per heavy atom. The highest BCUT2D eigenvalue weighted by molar-refractivity contribution is 5.75. The first kappa shape index (κ1) is 32.8. The fourth-order valence-corrected chi connectivity index (χ4v) is 7.15. The average molecular weight is 617 g/mol. The average Bonchev–Trinajstić information content (AvgIpc) is 3.04. The van der Waals surface area contributed by atoms with Crippen LogP contribution in [0.25, 0.3) is 0 Å². The van der Waals surface area contributed by atoms with Gasteiger partial charge < -0.3 is 20.4 Å². The smallest absolute Gasteiger partial charge is 0.318 e. The van der Waals surface area contributed by atoms with Gasteiger partial charge in [-0.2, -0.15) is 0 Å². The summed E-state index contributed by atoms with van der Waals surface area (Å²) in [7, 11) is 0. The quantitative estimate of drug-likeness (QED) is 0.178. The maximum atomic E-state index is 13.9. The first-order valence-corrected chi connectivity index (χ1v) is 16.4. The van der Waals surface area contributed by atoms with Crippen molar-refractivity contribution in [2.24, 2.45) is 10.8 Å². The summed E-state index contributed by atoms with van der Waals surface area (Å²) in [5.41, 5.74) is 4.22. The van der Waals surface area contributed by atoms with Crippen molar-refractivity contribution in [2.45, 2.75) is 72.3 Å². The van der Waals surface area contributed by atoms with Gasteiger partial charge in [-0.3, -0.25) is 0 Å². The molecule has 240 valence electrons. The number of rotatable bonds is 11. The van der Waals surface area contributed by atoms with E-state index < -0.39 is 0 Å². The lowest BCUT2D eigenvalue weighted by atomic mass is 9.62. The number of carbonyl (C=O) groups is 2. The molecule has 0 unspecified atom stereocenters. The van der Waals surface area contributed by atoms with E-state index in [-0.39, 0.29) is 28.9 Å². The molecule has 0 heterocycles. The largest absolute Gasteiger partial charge is 0.337 e. The van der Waals surface area contributed by atoms with Crippen LogP contribution in [0, 0.1) is 10.8 Å². The van der Waals surface area contributed by atoms with Gasteiger partial charge in [0.2, 0.25) is 0 Å². The van der Waals surface area contributed by atoms with Crippen molar-refractivity contribution in [3.63, 3.8) is 0 Å². The third-order valence-corrected chi connectivity index (χ3v) is 8.88. The van der Waals surface area contributed by atoms with E-state index in [9.17, 15) is 9.59 Å². The Balaban J connectivity index is 1.26. The van der Waals surface area contributed by atoms with Gasteiger partial charge >= 0.3 is 12.1 Å². The number of urea groups is 2. The van der Waals surface area contributed by atoms with Crippen LogP contribution in [0.4, 0.5) is 9.59 Å². The summed E-state index contributed by atoms with van der Waals surface area (Å²) in [6, 6.07) is 40.4. The zero-order chi connectivity index (χ0) is 32.4. The van der Waals surface area contributed by atoms with E-state index in [1.54, 1.807) is 0 Å². The van der Waals surface area contributed by atoms with Crippen molar-refractivity contribution in [3.8, 4) is 0 Å². The number of hydrogen-bond donors (Lipinski definition) is 2. The molecule has 1 fully saturated rings. The molecule has 0 saturated heterocycles. The third kappa shape index (κ3) is 9.71. The molecule has 4 amide bonds. The molecule has 4 aromatic carbocycles. The molecule has 6 heteroatoms. The molecule has 0 aliphatic heterocycles. The van der Waals surface area contributed by atoms with Crippen LogP contribution in [0.1, 0.15) is 62.3 Å². The minimum Gasteiger partial charge on any atom is -0.337 e. The lowest BCUT2D eigenvalue weighted by molar-refractivity contribution is 0.0701. The topological polar surface area (TPSA) is 64.7 Å². The lowest BCUT2D eigenvalue weighted by Gasteiger charge is -2.47. The molecular weight excluding hydrogens is 568 g/mol. The van der Waals surface area contributed by atoms with E-state index >= 15 is 0 Å². The molecule has 46 heavy (non-hydrogen) atoms. The maximum absolute atomic E-state index is 13.9. The van der Waals surface area contributed by atoms with E-state index in [0.29, 0.717) is 32.7 Å². The van der Waals surface area contributed by atoms with Crippen LogP contribution < -0.4 is 10.6 Å². The SMILES string of the molecule is CC1(C)C[C@H](NC(=O)N(Cc2ccccc2)Cc2ccccc2)C[C@](C)(CNC(=O)N(Cc2ccccc2)Cc2ccccc2)C1. The van der Waals surface area contributed by atoms with Gasteiger partial charge in [-0.15, -0.1) is 0 Å². The Morgan fingerprint density at radius 3 is 1.35 bits per heavy atom. The first-order chi connectivity index (χ1) is 22.2. The normalized spacial score (nSPS) is 18.7. The zero-order valence-electron chi connectivity index (χ0n) is 27.5. The highest BCUT2D eigenvalue weighted by Crippen LogP contribution is 2.46. The van der Waals surface area contributed by atoms with Gasteiger partial charge in [-0.05, 0) is 52.3 Å². The summed E-state index contributed by atoms with van der Waals surface area (Å²) >= 11 is 0. The van der Waals surface area contributed by atoms with Crippen molar-refractivity contribution < 1.29 is 9.59 Å². The van der Waals surface area contributed by atoms with Gasteiger partial charge in [0.25, 0.3) is 0 Å². The molecule has 1 aliphatic rings. The van der Waals surface area contributed by atoms with Crippen LogP contribution in [0.2, 0.25) is 0 Å². The molecule has 0 aromatic heterocycles. The fourth-order valence-electron chi connectivity index (χ4n) is 7.15. The Hall–Kier alpha value is -4.58. The molecule has 2 atom stereocenters. The van der Waals surface area contributed by atoms with Gasteiger partial charge in [0, 0.05) is 38.8 Å². The molecular formula is C40H48N4O2. The highest BCUT2D eigenvalue weighted by atomic mass is 16.2. The second kappa shape index (κ2) is 15.1. The molecule has 0 radical (unpaired) electrons. The Bertz CT molecular complexity index is 1450. The predicted octanol–water partition coefficient (Wildman–Crippen LogP) is 8.40. The maximum Gasteiger partial charge on any atom is 0.318 e. The third-order valence-electron chi connectivity index (χ3n) is 8.88. The van der Waals surface area contributed by atoms with Crippen LogP contribution in [0.5, 0.6) is 0 Å². The Morgan fingerprint density at radius 2 is 0.957 bits per heavy atom. The molecule has 1 aliphatic carbocycles. The predicted molar refractivity (Wildman–Crippen MR) is 186 cm³/mol. The highest BCUT2D eigenvalue weighted by Gasteiger charge is 2.42. The number of benzene rings is 4. The minimum atomic E-state index is -0.176. The van der Waals surface area contributed by atoms with E-state index in [4.69, 9.17) is 0 Å². The van der Waals surface area contributed by atoms with Gasteiger partial charge in [0.15, 0.2) is 0 Å². The van der Waals surface area contributed by atoms with Crippen molar-refractivity contribution in [2.75, 3.05) is 6.54 Å². The fraction of sp³-hybridized carbons (Fsp3) is 0.350. The minimum absolute atomic E-state index is 0.00283. The number of nitrogens with zero attached hydrogens (tertiary/aromatic N) is 2. The van der Waals surface area contributed by atoms with Crippen molar-refractivity contribution in [1.82, 2.24) is 20.4 Å². The van der Waals surface area contributed by atoms with Gasteiger partial charge in [-0.25, -0.2) is 9.59 Å². The molecule has 2 N–H and O–H groups in total. The Labute approximate surface area is 274 Å². The summed E-state index contributed by atoms with van der Waals surface area (Å²) in [6.45, 7) is 9.45. The number of amides is 4. The van der Waals surface area contributed by atoms with Gasteiger partial charge in [0.1, 0.15) is 0 Å². The second-order valence-electron chi connectivity index (χ2n) is 14.0. The van der Waals surface area contributed by atoms with Crippen molar-refractivity contribution in [1.29, 1.82) is 0 Å². The second-order valence-corrected chi connectivity index (χ2v) is 14.0. The monoisotopic (exact) mass is 616 g/mol. The molecule has 6 nitrogen and oxygen atoms in total. The zero-order valence-corrected chi connectivity index (χ0v) is 27.5. The van der Waals surface area contributed by atoms with Crippen molar-refractivity contribution in [3.05, 3.63) is 144 Å². The van der Waals surface area contributed by atoms with Crippen molar-refractivity contribution >= 4 is 12.1 Å². The molecule has 0 bridgehead atoms. The standard InChI is InChI=1S/C40H48N4O2/c1-39(2)24-36(42-38(46)44(28-34-20-12-6-13-21-34)29-35-22-14-7-15-23-35)25-40(3,30-39)31-41-37(45)43(26-32-16-8-4-9-17-32)27-33-18-10-5-11-19-33/h4-23,36H,24-31H2,1-3H3,(H,41,45)(H,42,46)/t36-,40-/m0/s1. The first-order valence-electron chi connectivity index (χ1n) is 16.4. The number of hydrogen-bond acceptors (Lipinski definition) is 2. The van der Waals surface area contributed by atoms with Crippen LogP contribution in [0.15, 0.2) is 121 Å². The van der Waals surface area contributed by atoms with E-state index in [1.807, 2.05) is 82.6 Å². The number of nitrogens with one attached hydrogen (secondary N) is 2. The molecule has 4 aromatic rings. The van der Waals surface area contributed by atoms with Gasteiger partial charge in [-0.1, -0.05) is 142 Å². The van der Waals surface area contributed by atoms with Crippen LogP contribution in [0.3, 0.4) is 0 Å². The molecule has 1 saturated carbocycles. The van der Waals surface area contributed by atoms with Crippen LogP contribution >= 0.6 is 0 Å². The van der Waals surface area contributed by atoms with E-state index in [2.05, 4.69) is 79.9 Å². The summed E-state index contributed by atoms with van der Waals surface area (Å²) in [6.07, 6.45) is 2.65. The van der Waals surface area contributed by atoms with Crippen LogP contribution in [-0.2, 0) is 26.2 Å². The number of carbonyl (C=O) groups excluding carboxylic acids is 2. The van der Waals surface area contributed by atoms with Gasteiger partial charge in [0.05, 0.1) is 0 Å². The summed E-state index contributed by atoms with van der Waals surface area (Å²) < 4.78 is 0. The summed E-state index contributed by atoms with van der Waals surface area (Å²) in [4.78, 5) is 31.4. The van der Waals surface area contributed by atoms with E-state index in [1.165, 1.54) is 0 Å². The Kier molecular flexibility index (Phi) is 10.8. The summed E-state index contributed by atoms with van der Waals surface area (Å²) in [5, 5.41) is 6.71.